The molecule has 9 nitrogen and oxygen atoms in total. The van der Waals surface area contributed by atoms with Crippen LogP contribution in [0.15, 0.2) is 46.9 Å². The standard InChI is InChI=1S/C23H25N7O2S2/c1-14-6-8-17(9-7-14)30-16(3)21(15(2)28-30)25-20(32)13-34-23-27-26-22(18-5-4-12-33-18)29(23)11-10-19(24)31/h4-9,12H,10-11,13H2,1-3H3,(H2,24,31)(H,25,32). The fourth-order valence-corrected chi connectivity index (χ4v) is 4.96. The number of carbonyl (C=O) groups is 2. The number of hydrogen-bond acceptors (Lipinski definition) is 7. The third kappa shape index (κ3) is 5.20. The Hall–Kier alpha value is -3.44. The van der Waals surface area contributed by atoms with E-state index in [-0.39, 0.29) is 18.1 Å². The molecular formula is C23H25N7O2S2. The Labute approximate surface area is 205 Å². The van der Waals surface area contributed by atoms with E-state index < -0.39 is 5.91 Å². The highest BCUT2D eigenvalue weighted by atomic mass is 32.2. The van der Waals surface area contributed by atoms with Crippen molar-refractivity contribution >= 4 is 40.6 Å². The zero-order valence-electron chi connectivity index (χ0n) is 19.1. The summed E-state index contributed by atoms with van der Waals surface area (Å²) in [6.45, 7) is 6.18. The minimum Gasteiger partial charge on any atom is -0.370 e. The smallest absolute Gasteiger partial charge is 0.234 e. The molecule has 0 bridgehead atoms. The molecule has 34 heavy (non-hydrogen) atoms. The first-order valence-electron chi connectivity index (χ1n) is 10.6. The van der Waals surface area contributed by atoms with Crippen LogP contribution in [0, 0.1) is 20.8 Å². The summed E-state index contributed by atoms with van der Waals surface area (Å²) in [5.41, 5.74) is 9.73. The highest BCUT2D eigenvalue weighted by molar-refractivity contribution is 7.99. The van der Waals surface area contributed by atoms with Gasteiger partial charge in [-0.05, 0) is 44.4 Å². The van der Waals surface area contributed by atoms with E-state index in [1.807, 2.05) is 71.8 Å². The topological polar surface area (TPSA) is 121 Å². The Morgan fingerprint density at radius 1 is 1.12 bits per heavy atom. The largest absolute Gasteiger partial charge is 0.370 e. The molecule has 0 atom stereocenters. The van der Waals surface area contributed by atoms with Crippen LogP contribution in [-0.4, -0.2) is 42.1 Å². The molecule has 176 valence electrons. The fraction of sp³-hybridized carbons (Fsp3) is 0.261. The first kappa shape index (κ1) is 23.7. The number of thioether (sulfide) groups is 1. The Morgan fingerprint density at radius 2 is 1.88 bits per heavy atom. The van der Waals surface area contributed by atoms with Gasteiger partial charge in [-0.15, -0.1) is 21.5 Å². The van der Waals surface area contributed by atoms with Gasteiger partial charge in [0, 0.05) is 13.0 Å². The quantitative estimate of drug-likeness (QED) is 0.341. The van der Waals surface area contributed by atoms with Crippen molar-refractivity contribution in [3.8, 4) is 16.4 Å². The molecule has 4 rings (SSSR count). The van der Waals surface area contributed by atoms with Gasteiger partial charge in [-0.3, -0.25) is 9.59 Å². The predicted octanol–water partition coefficient (Wildman–Crippen LogP) is 3.72. The number of carbonyl (C=O) groups excluding carboxylic acids is 2. The molecule has 4 aromatic rings. The summed E-state index contributed by atoms with van der Waals surface area (Å²) in [6, 6.07) is 11.9. The van der Waals surface area contributed by atoms with Crippen LogP contribution in [0.4, 0.5) is 5.69 Å². The highest BCUT2D eigenvalue weighted by Crippen LogP contribution is 2.28. The van der Waals surface area contributed by atoms with E-state index in [2.05, 4.69) is 20.6 Å². The van der Waals surface area contributed by atoms with Gasteiger partial charge < -0.3 is 15.6 Å². The molecule has 0 spiro atoms. The number of hydrogen-bond donors (Lipinski definition) is 2. The summed E-state index contributed by atoms with van der Waals surface area (Å²) in [5.74, 6) is 0.205. The summed E-state index contributed by atoms with van der Waals surface area (Å²) in [5, 5.41) is 18.6. The van der Waals surface area contributed by atoms with Crippen LogP contribution in [0.5, 0.6) is 0 Å². The number of thiophene rings is 1. The Kier molecular flexibility index (Phi) is 7.13. The number of nitrogens with zero attached hydrogens (tertiary/aromatic N) is 5. The number of anilines is 1. The Morgan fingerprint density at radius 3 is 2.56 bits per heavy atom. The monoisotopic (exact) mass is 495 g/mol. The lowest BCUT2D eigenvalue weighted by atomic mass is 10.2. The van der Waals surface area contributed by atoms with Crippen molar-refractivity contribution in [2.45, 2.75) is 38.9 Å². The zero-order chi connectivity index (χ0) is 24.2. The van der Waals surface area contributed by atoms with E-state index in [9.17, 15) is 9.59 Å². The van der Waals surface area contributed by atoms with Crippen molar-refractivity contribution in [2.75, 3.05) is 11.1 Å². The van der Waals surface area contributed by atoms with Gasteiger partial charge in [0.1, 0.15) is 0 Å². The second-order valence-electron chi connectivity index (χ2n) is 7.78. The molecule has 0 saturated carbocycles. The molecule has 0 aliphatic carbocycles. The number of nitrogens with two attached hydrogens (primary N) is 1. The molecule has 0 saturated heterocycles. The van der Waals surface area contributed by atoms with Crippen LogP contribution >= 0.6 is 23.1 Å². The lowest BCUT2D eigenvalue weighted by Crippen LogP contribution is -2.17. The van der Waals surface area contributed by atoms with E-state index in [0.29, 0.717) is 23.2 Å². The maximum Gasteiger partial charge on any atom is 0.234 e. The molecule has 11 heteroatoms. The van der Waals surface area contributed by atoms with Crippen molar-refractivity contribution < 1.29 is 9.59 Å². The van der Waals surface area contributed by atoms with Crippen LogP contribution < -0.4 is 11.1 Å². The van der Waals surface area contributed by atoms with Gasteiger partial charge in [-0.2, -0.15) is 5.10 Å². The van der Waals surface area contributed by atoms with Crippen LogP contribution in [0.25, 0.3) is 16.4 Å². The van der Waals surface area contributed by atoms with Crippen LogP contribution in [0.3, 0.4) is 0 Å². The maximum atomic E-state index is 12.8. The first-order valence-corrected chi connectivity index (χ1v) is 12.5. The van der Waals surface area contributed by atoms with Gasteiger partial charge >= 0.3 is 0 Å². The highest BCUT2D eigenvalue weighted by Gasteiger charge is 2.19. The third-order valence-electron chi connectivity index (χ3n) is 5.21. The summed E-state index contributed by atoms with van der Waals surface area (Å²) in [4.78, 5) is 25.1. The van der Waals surface area contributed by atoms with Crippen molar-refractivity contribution in [3.63, 3.8) is 0 Å². The van der Waals surface area contributed by atoms with Gasteiger partial charge in [0.05, 0.1) is 33.4 Å². The van der Waals surface area contributed by atoms with Crippen molar-refractivity contribution in [3.05, 3.63) is 58.7 Å². The number of nitrogens with one attached hydrogen (secondary N) is 1. The lowest BCUT2D eigenvalue weighted by molar-refractivity contribution is -0.118. The molecular weight excluding hydrogens is 470 g/mol. The van der Waals surface area contributed by atoms with Gasteiger partial charge in [-0.25, -0.2) is 4.68 Å². The van der Waals surface area contributed by atoms with E-state index >= 15 is 0 Å². The number of amides is 2. The molecule has 3 heterocycles. The summed E-state index contributed by atoms with van der Waals surface area (Å²) in [7, 11) is 0. The number of benzene rings is 1. The van der Waals surface area contributed by atoms with E-state index in [4.69, 9.17) is 5.73 Å². The Balaban J connectivity index is 1.47. The van der Waals surface area contributed by atoms with Gasteiger partial charge in [0.2, 0.25) is 11.8 Å². The average Bonchev–Trinajstić information content (AvgIpc) is 3.53. The second kappa shape index (κ2) is 10.2. The summed E-state index contributed by atoms with van der Waals surface area (Å²) < 4.78 is 3.66. The Bertz CT molecular complexity index is 1310. The number of rotatable bonds is 9. The molecule has 1 aromatic carbocycles. The van der Waals surface area contributed by atoms with Gasteiger partial charge in [-0.1, -0.05) is 35.5 Å². The molecule has 0 aliphatic rings. The molecule has 0 fully saturated rings. The van der Waals surface area contributed by atoms with Gasteiger partial charge in [0.25, 0.3) is 0 Å². The normalized spacial score (nSPS) is 11.0. The number of aromatic nitrogens is 5. The molecule has 3 N–H and O–H groups in total. The van der Waals surface area contributed by atoms with Crippen molar-refractivity contribution in [2.24, 2.45) is 5.73 Å². The molecule has 2 amide bonds. The van der Waals surface area contributed by atoms with Crippen molar-refractivity contribution in [1.29, 1.82) is 0 Å². The average molecular weight is 496 g/mol. The van der Waals surface area contributed by atoms with Crippen molar-refractivity contribution in [1.82, 2.24) is 24.5 Å². The molecule has 0 unspecified atom stereocenters. The summed E-state index contributed by atoms with van der Waals surface area (Å²) >= 11 is 2.79. The number of primary amides is 1. The molecule has 0 aliphatic heterocycles. The van der Waals surface area contributed by atoms with Crippen LogP contribution in [-0.2, 0) is 16.1 Å². The SMILES string of the molecule is Cc1ccc(-n2nc(C)c(NC(=O)CSc3nnc(-c4cccs4)n3CCC(N)=O)c2C)cc1. The molecule has 0 radical (unpaired) electrons. The molecule has 3 aromatic heterocycles. The van der Waals surface area contributed by atoms with Crippen LogP contribution in [0.2, 0.25) is 0 Å². The minimum absolute atomic E-state index is 0.133. The minimum atomic E-state index is -0.406. The maximum absolute atomic E-state index is 12.8. The number of aryl methyl sites for hydroxylation is 2. The fourth-order valence-electron chi connectivity index (χ4n) is 3.47. The third-order valence-corrected chi connectivity index (χ3v) is 7.04. The predicted molar refractivity (Wildman–Crippen MR) is 134 cm³/mol. The van der Waals surface area contributed by atoms with E-state index in [1.54, 1.807) is 0 Å². The van der Waals surface area contributed by atoms with Crippen LogP contribution in [0.1, 0.15) is 23.4 Å². The summed E-state index contributed by atoms with van der Waals surface area (Å²) in [6.07, 6.45) is 0.159. The lowest BCUT2D eigenvalue weighted by Gasteiger charge is -2.09. The van der Waals surface area contributed by atoms with E-state index in [0.717, 1.165) is 22.0 Å². The second-order valence-corrected chi connectivity index (χ2v) is 9.67. The van der Waals surface area contributed by atoms with Gasteiger partial charge in [0.15, 0.2) is 11.0 Å². The first-order chi connectivity index (χ1) is 16.3. The van der Waals surface area contributed by atoms with E-state index in [1.165, 1.54) is 28.7 Å². The zero-order valence-corrected chi connectivity index (χ0v) is 20.7.